The van der Waals surface area contributed by atoms with Gasteiger partial charge in [0.2, 0.25) is 0 Å². The lowest BCUT2D eigenvalue weighted by Crippen LogP contribution is -1.96. The molecule has 2 nitrogen and oxygen atoms in total. The van der Waals surface area contributed by atoms with Crippen LogP contribution in [0.1, 0.15) is 25.8 Å². The molecule has 0 atom stereocenters. The molecule has 0 bridgehead atoms. The fourth-order valence-corrected chi connectivity index (χ4v) is 2.84. The molecule has 0 aliphatic rings. The minimum atomic E-state index is 0.0756. The Morgan fingerprint density at radius 2 is 2.06 bits per heavy atom. The first-order valence-corrected chi connectivity index (χ1v) is 7.13. The van der Waals surface area contributed by atoms with Crippen LogP contribution in [0.2, 0.25) is 0 Å². The number of hydrogen-bond acceptors (Lipinski definition) is 2. The molecule has 0 spiro atoms. The molecule has 0 aliphatic carbocycles. The zero-order valence-corrected chi connectivity index (χ0v) is 13.1. The topological polar surface area (TPSA) is 29.5 Å². The molecule has 1 N–H and O–H groups in total. The minimum absolute atomic E-state index is 0.0756. The molecule has 94 valence electrons. The van der Waals surface area contributed by atoms with Crippen molar-refractivity contribution in [3.8, 4) is 5.75 Å². The van der Waals surface area contributed by atoms with E-state index in [2.05, 4.69) is 31.9 Å². The first-order chi connectivity index (χ1) is 8.12. The summed E-state index contributed by atoms with van der Waals surface area (Å²) in [6.45, 7) is 4.66. The van der Waals surface area contributed by atoms with Gasteiger partial charge in [0.05, 0.1) is 17.7 Å². The van der Waals surface area contributed by atoms with Crippen LogP contribution < -0.4 is 4.74 Å². The Kier molecular flexibility index (Phi) is 6.23. The molecule has 0 amide bonds. The molecule has 0 radical (unpaired) electrons. The highest BCUT2D eigenvalue weighted by Gasteiger charge is 2.08. The van der Waals surface area contributed by atoms with Crippen LogP contribution in [0, 0.1) is 0 Å². The van der Waals surface area contributed by atoms with E-state index in [9.17, 15) is 5.11 Å². The smallest absolute Gasteiger partial charge is 0.140 e. The highest BCUT2D eigenvalue weighted by molar-refractivity contribution is 9.11. The Morgan fingerprint density at radius 1 is 1.35 bits per heavy atom. The van der Waals surface area contributed by atoms with Crippen molar-refractivity contribution in [3.63, 3.8) is 0 Å². The third-order valence-electron chi connectivity index (χ3n) is 2.34. The Labute approximate surface area is 119 Å². The minimum Gasteiger partial charge on any atom is -0.492 e. The number of rotatable bonds is 5. The van der Waals surface area contributed by atoms with Crippen LogP contribution in [0.4, 0.5) is 0 Å². The van der Waals surface area contributed by atoms with Crippen molar-refractivity contribution in [1.29, 1.82) is 0 Å². The van der Waals surface area contributed by atoms with Crippen molar-refractivity contribution in [2.45, 2.75) is 20.3 Å². The van der Waals surface area contributed by atoms with Crippen LogP contribution in [0.15, 0.2) is 26.7 Å². The van der Waals surface area contributed by atoms with Crippen LogP contribution in [-0.4, -0.2) is 18.3 Å². The van der Waals surface area contributed by atoms with Crippen molar-refractivity contribution in [1.82, 2.24) is 0 Å². The molecule has 0 heterocycles. The lowest BCUT2D eigenvalue weighted by atomic mass is 10.1. The molecule has 1 aromatic carbocycles. The van der Waals surface area contributed by atoms with Gasteiger partial charge in [-0.15, -0.1) is 0 Å². The van der Waals surface area contributed by atoms with E-state index >= 15 is 0 Å². The predicted molar refractivity (Wildman–Crippen MR) is 78.4 cm³/mol. The van der Waals surface area contributed by atoms with E-state index in [1.165, 1.54) is 0 Å². The van der Waals surface area contributed by atoms with E-state index in [0.717, 1.165) is 32.3 Å². The van der Waals surface area contributed by atoms with E-state index in [4.69, 9.17) is 4.74 Å². The summed E-state index contributed by atoms with van der Waals surface area (Å²) in [5.74, 6) is 0.815. The number of benzene rings is 1. The normalized spacial score (nSPS) is 11.7. The van der Waals surface area contributed by atoms with Gasteiger partial charge in [0.25, 0.3) is 0 Å². The van der Waals surface area contributed by atoms with Crippen molar-refractivity contribution in [3.05, 3.63) is 32.2 Å². The molecule has 1 rings (SSSR count). The summed E-state index contributed by atoms with van der Waals surface area (Å²) in [6, 6.07) is 3.94. The van der Waals surface area contributed by atoms with Gasteiger partial charge in [0.1, 0.15) is 5.75 Å². The maximum Gasteiger partial charge on any atom is 0.140 e. The third-order valence-corrected chi connectivity index (χ3v) is 3.39. The van der Waals surface area contributed by atoms with Crippen LogP contribution in [-0.2, 0) is 0 Å². The highest BCUT2D eigenvalue weighted by atomic mass is 79.9. The molecule has 0 saturated heterocycles. The monoisotopic (exact) mass is 362 g/mol. The number of aliphatic hydroxyl groups excluding tert-OH is 1. The van der Waals surface area contributed by atoms with E-state index in [1.54, 1.807) is 0 Å². The van der Waals surface area contributed by atoms with Gasteiger partial charge in [-0.05, 0) is 53.1 Å². The molecular weight excluding hydrogens is 348 g/mol. The predicted octanol–water partition coefficient (Wildman–Crippen LogP) is 4.40. The number of aliphatic hydroxyl groups is 1. The van der Waals surface area contributed by atoms with Gasteiger partial charge in [-0.3, -0.25) is 0 Å². The molecule has 0 unspecified atom stereocenters. The highest BCUT2D eigenvalue weighted by Crippen LogP contribution is 2.34. The zero-order valence-electron chi connectivity index (χ0n) is 9.96. The second-order valence-corrected chi connectivity index (χ2v) is 5.32. The Balaban J connectivity index is 3.24. The molecule has 0 fully saturated rings. The van der Waals surface area contributed by atoms with E-state index < -0.39 is 0 Å². The Hall–Kier alpha value is -0.320. The molecule has 4 heteroatoms. The Bertz CT molecular complexity index is 408. The van der Waals surface area contributed by atoms with Gasteiger partial charge < -0.3 is 9.84 Å². The van der Waals surface area contributed by atoms with Gasteiger partial charge in [-0.1, -0.05) is 22.9 Å². The molecule has 0 aliphatic heterocycles. The van der Waals surface area contributed by atoms with Gasteiger partial charge in [0.15, 0.2) is 0 Å². The average Bonchev–Trinajstić information content (AvgIpc) is 2.30. The summed E-state index contributed by atoms with van der Waals surface area (Å²) < 4.78 is 7.51. The van der Waals surface area contributed by atoms with Crippen molar-refractivity contribution in [2.24, 2.45) is 0 Å². The maximum absolute atomic E-state index is 9.21. The fraction of sp³-hybridized carbons (Fsp3) is 0.385. The third kappa shape index (κ3) is 4.12. The molecule has 17 heavy (non-hydrogen) atoms. The first-order valence-electron chi connectivity index (χ1n) is 5.54. The second-order valence-electron chi connectivity index (χ2n) is 3.55. The van der Waals surface area contributed by atoms with Crippen LogP contribution in [0.25, 0.3) is 6.08 Å². The van der Waals surface area contributed by atoms with Crippen LogP contribution in [0.3, 0.4) is 0 Å². The standard InChI is InChI=1S/C13H16Br2O2/c1-3-9(8-16)5-10-6-11(14)7-12(15)13(10)17-4-2/h5-7,16H,3-4,8H2,1-2H3. The number of halogens is 2. The van der Waals surface area contributed by atoms with Crippen molar-refractivity contribution in [2.75, 3.05) is 13.2 Å². The fourth-order valence-electron chi connectivity index (χ4n) is 1.46. The number of hydrogen-bond donors (Lipinski definition) is 1. The summed E-state index contributed by atoms with van der Waals surface area (Å²) in [5.41, 5.74) is 1.95. The largest absolute Gasteiger partial charge is 0.492 e. The molecule has 0 saturated carbocycles. The van der Waals surface area contributed by atoms with Gasteiger partial charge >= 0.3 is 0 Å². The van der Waals surface area contributed by atoms with Crippen molar-refractivity contribution >= 4 is 37.9 Å². The first kappa shape index (κ1) is 14.7. The summed E-state index contributed by atoms with van der Waals surface area (Å²) in [7, 11) is 0. The van der Waals surface area contributed by atoms with E-state index in [-0.39, 0.29) is 6.61 Å². The van der Waals surface area contributed by atoms with Crippen molar-refractivity contribution < 1.29 is 9.84 Å². The van der Waals surface area contributed by atoms with Gasteiger partial charge in [-0.25, -0.2) is 0 Å². The summed E-state index contributed by atoms with van der Waals surface area (Å²) in [6.07, 6.45) is 2.80. The second kappa shape index (κ2) is 7.19. The average molecular weight is 364 g/mol. The number of ether oxygens (including phenoxy) is 1. The molecule has 1 aromatic rings. The molecule has 0 aromatic heterocycles. The zero-order chi connectivity index (χ0) is 12.8. The van der Waals surface area contributed by atoms with Gasteiger partial charge in [-0.2, -0.15) is 0 Å². The summed E-state index contributed by atoms with van der Waals surface area (Å²) in [4.78, 5) is 0. The van der Waals surface area contributed by atoms with Gasteiger partial charge in [0, 0.05) is 10.0 Å². The van der Waals surface area contributed by atoms with E-state index in [0.29, 0.717) is 6.61 Å². The Morgan fingerprint density at radius 3 is 2.59 bits per heavy atom. The summed E-state index contributed by atoms with van der Waals surface area (Å²) >= 11 is 6.94. The van der Waals surface area contributed by atoms with E-state index in [1.807, 2.05) is 32.1 Å². The van der Waals surface area contributed by atoms with Crippen LogP contribution in [0.5, 0.6) is 5.75 Å². The molecular formula is C13H16Br2O2. The SMILES string of the molecule is CCOc1c(Br)cc(Br)cc1C=C(CC)CO. The lowest BCUT2D eigenvalue weighted by molar-refractivity contribution is 0.328. The maximum atomic E-state index is 9.21. The van der Waals surface area contributed by atoms with Crippen LogP contribution >= 0.6 is 31.9 Å². The summed E-state index contributed by atoms with van der Waals surface area (Å²) in [5, 5.41) is 9.21. The lowest BCUT2D eigenvalue weighted by Gasteiger charge is -2.11. The quantitative estimate of drug-likeness (QED) is 0.840.